The lowest BCUT2D eigenvalue weighted by Crippen LogP contribution is -2.19. The third-order valence-corrected chi connectivity index (χ3v) is 2.68. The van der Waals surface area contributed by atoms with Crippen LogP contribution in [0.1, 0.15) is 0 Å². The van der Waals surface area contributed by atoms with Gasteiger partial charge in [0.1, 0.15) is 5.75 Å². The molecule has 5 heteroatoms. The van der Waals surface area contributed by atoms with E-state index in [2.05, 4.69) is 10.6 Å². The van der Waals surface area contributed by atoms with Crippen LogP contribution in [0.3, 0.4) is 0 Å². The van der Waals surface area contributed by atoms with Gasteiger partial charge in [0.25, 0.3) is 0 Å². The molecular formula is C13H11ClN2OS. The van der Waals surface area contributed by atoms with Crippen LogP contribution in [0.15, 0.2) is 48.5 Å². The molecule has 0 saturated carbocycles. The Bertz CT molecular complexity index is 560. The number of rotatable bonds is 2. The topological polar surface area (TPSA) is 44.3 Å². The normalized spacial score (nSPS) is 9.83. The quantitative estimate of drug-likeness (QED) is 0.577. The van der Waals surface area contributed by atoms with Gasteiger partial charge in [-0.15, -0.1) is 0 Å². The molecule has 0 heterocycles. The van der Waals surface area contributed by atoms with Crippen LogP contribution in [0.2, 0.25) is 5.02 Å². The fourth-order valence-electron chi connectivity index (χ4n) is 1.41. The average Bonchev–Trinajstić information content (AvgIpc) is 2.35. The van der Waals surface area contributed by atoms with Crippen LogP contribution in [-0.4, -0.2) is 10.2 Å². The van der Waals surface area contributed by atoms with E-state index < -0.39 is 0 Å². The summed E-state index contributed by atoms with van der Waals surface area (Å²) in [4.78, 5) is 0. The summed E-state index contributed by atoms with van der Waals surface area (Å²) in [6, 6.07) is 14.2. The zero-order valence-corrected chi connectivity index (χ0v) is 10.9. The third-order valence-electron chi connectivity index (χ3n) is 2.24. The molecule has 92 valence electrons. The molecule has 2 aromatic rings. The Hall–Kier alpha value is -1.78. The Morgan fingerprint density at radius 3 is 2.50 bits per heavy atom. The van der Waals surface area contributed by atoms with Gasteiger partial charge in [-0.05, 0) is 42.5 Å². The fourth-order valence-corrected chi connectivity index (χ4v) is 1.81. The second-order valence-electron chi connectivity index (χ2n) is 3.61. The number of aromatic hydroxyl groups is 1. The van der Waals surface area contributed by atoms with Crippen molar-refractivity contribution in [3.8, 4) is 5.75 Å². The van der Waals surface area contributed by atoms with E-state index in [1.165, 1.54) is 6.07 Å². The molecule has 2 rings (SSSR count). The van der Waals surface area contributed by atoms with Crippen LogP contribution in [0.5, 0.6) is 5.75 Å². The number of hydrogen-bond donors (Lipinski definition) is 3. The second kappa shape index (κ2) is 5.71. The first kappa shape index (κ1) is 12.7. The largest absolute Gasteiger partial charge is 0.506 e. The molecule has 0 saturated heterocycles. The monoisotopic (exact) mass is 278 g/mol. The number of thiocarbonyl (C=S) groups is 1. The minimum absolute atomic E-state index is 0.0941. The first-order valence-corrected chi connectivity index (χ1v) is 6.05. The Morgan fingerprint density at radius 2 is 1.78 bits per heavy atom. The number of benzene rings is 2. The molecule has 0 aliphatic rings. The molecule has 0 fully saturated rings. The summed E-state index contributed by atoms with van der Waals surface area (Å²) < 4.78 is 0. The first-order valence-electron chi connectivity index (χ1n) is 5.27. The molecule has 18 heavy (non-hydrogen) atoms. The minimum atomic E-state index is 0.0941. The van der Waals surface area contributed by atoms with Gasteiger partial charge >= 0.3 is 0 Å². The molecule has 0 radical (unpaired) electrons. The van der Waals surface area contributed by atoms with Crippen molar-refractivity contribution in [3.63, 3.8) is 0 Å². The van der Waals surface area contributed by atoms with Crippen LogP contribution in [0.25, 0.3) is 0 Å². The SMILES string of the molecule is Oc1ccc(Cl)cc1NC(=S)Nc1ccccc1. The highest BCUT2D eigenvalue weighted by molar-refractivity contribution is 7.80. The predicted octanol–water partition coefficient (Wildman–Crippen LogP) is 3.85. The molecule has 0 atom stereocenters. The summed E-state index contributed by atoms with van der Waals surface area (Å²) in [5.74, 6) is 0.0941. The van der Waals surface area contributed by atoms with E-state index >= 15 is 0 Å². The molecule has 3 nitrogen and oxygen atoms in total. The van der Waals surface area contributed by atoms with Crippen molar-refractivity contribution < 1.29 is 5.11 Å². The average molecular weight is 279 g/mol. The third kappa shape index (κ3) is 3.35. The maximum absolute atomic E-state index is 9.64. The molecule has 0 amide bonds. The summed E-state index contributed by atoms with van der Waals surface area (Å²) in [5.41, 5.74) is 1.34. The maximum atomic E-state index is 9.64. The first-order chi connectivity index (χ1) is 8.65. The van der Waals surface area contributed by atoms with E-state index in [1.807, 2.05) is 30.3 Å². The van der Waals surface area contributed by atoms with E-state index in [1.54, 1.807) is 12.1 Å². The highest BCUT2D eigenvalue weighted by atomic mass is 35.5. The summed E-state index contributed by atoms with van der Waals surface area (Å²) >= 11 is 11.0. The van der Waals surface area contributed by atoms with E-state index in [4.69, 9.17) is 23.8 Å². The smallest absolute Gasteiger partial charge is 0.175 e. The number of nitrogens with one attached hydrogen (secondary N) is 2. The predicted molar refractivity (Wildman–Crippen MR) is 79.4 cm³/mol. The molecule has 0 aromatic heterocycles. The molecule has 0 aliphatic heterocycles. The molecular weight excluding hydrogens is 268 g/mol. The fraction of sp³-hybridized carbons (Fsp3) is 0. The Kier molecular flexibility index (Phi) is 4.02. The van der Waals surface area contributed by atoms with Crippen molar-refractivity contribution in [2.45, 2.75) is 0 Å². The van der Waals surface area contributed by atoms with Crippen molar-refractivity contribution in [2.24, 2.45) is 0 Å². The molecule has 0 aliphatic carbocycles. The zero-order chi connectivity index (χ0) is 13.0. The van der Waals surface area contributed by atoms with Crippen molar-refractivity contribution in [2.75, 3.05) is 10.6 Å². The van der Waals surface area contributed by atoms with Gasteiger partial charge in [0, 0.05) is 10.7 Å². The van der Waals surface area contributed by atoms with Gasteiger partial charge in [-0.1, -0.05) is 29.8 Å². The summed E-state index contributed by atoms with van der Waals surface area (Å²) in [6.45, 7) is 0. The highest BCUT2D eigenvalue weighted by Gasteiger charge is 2.04. The van der Waals surface area contributed by atoms with E-state index in [0.29, 0.717) is 15.8 Å². The molecule has 0 spiro atoms. The van der Waals surface area contributed by atoms with Gasteiger partial charge in [-0.25, -0.2) is 0 Å². The highest BCUT2D eigenvalue weighted by Crippen LogP contribution is 2.26. The second-order valence-corrected chi connectivity index (χ2v) is 4.45. The maximum Gasteiger partial charge on any atom is 0.175 e. The molecule has 2 aromatic carbocycles. The zero-order valence-electron chi connectivity index (χ0n) is 9.35. The summed E-state index contributed by atoms with van der Waals surface area (Å²) in [7, 11) is 0. The lowest BCUT2D eigenvalue weighted by atomic mass is 10.3. The van der Waals surface area contributed by atoms with Crippen molar-refractivity contribution in [3.05, 3.63) is 53.6 Å². The van der Waals surface area contributed by atoms with Gasteiger partial charge in [0.15, 0.2) is 5.11 Å². The molecule has 3 N–H and O–H groups in total. The number of anilines is 2. The van der Waals surface area contributed by atoms with Gasteiger partial charge in [-0.2, -0.15) is 0 Å². The standard InChI is InChI=1S/C13H11ClN2OS/c14-9-6-7-12(17)11(8-9)16-13(18)15-10-4-2-1-3-5-10/h1-8,17H,(H2,15,16,18). The van der Waals surface area contributed by atoms with Crippen molar-refractivity contribution in [1.82, 2.24) is 0 Å². The lowest BCUT2D eigenvalue weighted by molar-refractivity contribution is 0.478. The van der Waals surface area contributed by atoms with Gasteiger partial charge in [0.05, 0.1) is 5.69 Å². The van der Waals surface area contributed by atoms with E-state index in [9.17, 15) is 5.11 Å². The Balaban J connectivity index is 2.05. The van der Waals surface area contributed by atoms with Crippen LogP contribution < -0.4 is 10.6 Å². The van der Waals surface area contributed by atoms with Gasteiger partial charge < -0.3 is 15.7 Å². The summed E-state index contributed by atoms with van der Waals surface area (Å²) in [6.07, 6.45) is 0. The van der Waals surface area contributed by atoms with Crippen LogP contribution >= 0.6 is 23.8 Å². The van der Waals surface area contributed by atoms with Crippen LogP contribution in [0.4, 0.5) is 11.4 Å². The van der Waals surface area contributed by atoms with E-state index in [0.717, 1.165) is 5.69 Å². The van der Waals surface area contributed by atoms with Gasteiger partial charge in [0.2, 0.25) is 0 Å². The number of hydrogen-bond acceptors (Lipinski definition) is 2. The number of para-hydroxylation sites is 1. The number of phenolic OH excluding ortho intramolecular Hbond substituents is 1. The van der Waals surface area contributed by atoms with E-state index in [-0.39, 0.29) is 5.75 Å². The van der Waals surface area contributed by atoms with Crippen molar-refractivity contribution >= 4 is 40.3 Å². The number of halogens is 1. The van der Waals surface area contributed by atoms with Gasteiger partial charge in [-0.3, -0.25) is 0 Å². The van der Waals surface area contributed by atoms with Crippen molar-refractivity contribution in [1.29, 1.82) is 0 Å². The van der Waals surface area contributed by atoms with Crippen LogP contribution in [0, 0.1) is 0 Å². The molecule has 0 bridgehead atoms. The Labute approximate surface area is 115 Å². The summed E-state index contributed by atoms with van der Waals surface area (Å²) in [5, 5.41) is 16.4. The number of phenols is 1. The Morgan fingerprint density at radius 1 is 1.06 bits per heavy atom. The minimum Gasteiger partial charge on any atom is -0.506 e. The molecule has 0 unspecified atom stereocenters. The van der Waals surface area contributed by atoms with Crippen LogP contribution in [-0.2, 0) is 0 Å². The lowest BCUT2D eigenvalue weighted by Gasteiger charge is -2.11.